The fourth-order valence-electron chi connectivity index (χ4n) is 0.408. The highest BCUT2D eigenvalue weighted by molar-refractivity contribution is 7.91. The molecule has 0 amide bonds. The van der Waals surface area contributed by atoms with Gasteiger partial charge in [0.2, 0.25) is 0 Å². The minimum atomic E-state index is -3.93. The standard InChI is InChI=1S/C7H13NO4S/c1-6(3-8)5-12-13(10,11)7(2)4-9/h4,6H,2-3,5,8H2,1H3. The van der Waals surface area contributed by atoms with Crippen LogP contribution in [-0.4, -0.2) is 27.9 Å². The summed E-state index contributed by atoms with van der Waals surface area (Å²) in [6, 6.07) is 0. The zero-order valence-corrected chi connectivity index (χ0v) is 8.21. The van der Waals surface area contributed by atoms with Crippen LogP contribution in [0.2, 0.25) is 0 Å². The van der Waals surface area contributed by atoms with E-state index in [9.17, 15) is 13.2 Å². The number of aldehydes is 1. The molecule has 5 nitrogen and oxygen atoms in total. The van der Waals surface area contributed by atoms with Crippen LogP contribution in [0.3, 0.4) is 0 Å². The molecule has 1 atom stereocenters. The first-order chi connectivity index (χ1) is 5.94. The summed E-state index contributed by atoms with van der Waals surface area (Å²) in [5.74, 6) is -0.0748. The maximum Gasteiger partial charge on any atom is 0.299 e. The summed E-state index contributed by atoms with van der Waals surface area (Å²) in [5, 5.41) is 0. The second-order valence-corrected chi connectivity index (χ2v) is 4.33. The van der Waals surface area contributed by atoms with Gasteiger partial charge in [0.1, 0.15) is 4.91 Å². The van der Waals surface area contributed by atoms with Crippen LogP contribution in [-0.2, 0) is 19.1 Å². The van der Waals surface area contributed by atoms with Crippen molar-refractivity contribution in [1.82, 2.24) is 0 Å². The third kappa shape index (κ3) is 4.16. The Hall–Kier alpha value is -0.720. The van der Waals surface area contributed by atoms with Crippen LogP contribution in [0.1, 0.15) is 6.92 Å². The van der Waals surface area contributed by atoms with Crippen molar-refractivity contribution in [3.05, 3.63) is 11.5 Å². The van der Waals surface area contributed by atoms with Crippen molar-refractivity contribution in [3.63, 3.8) is 0 Å². The number of nitrogens with two attached hydrogens (primary N) is 1. The first-order valence-electron chi connectivity index (χ1n) is 3.67. The summed E-state index contributed by atoms with van der Waals surface area (Å²) >= 11 is 0. The topological polar surface area (TPSA) is 86.5 Å². The van der Waals surface area contributed by atoms with Gasteiger partial charge in [0.15, 0.2) is 6.29 Å². The summed E-state index contributed by atoms with van der Waals surface area (Å²) in [7, 11) is -3.93. The van der Waals surface area contributed by atoms with Gasteiger partial charge in [-0.15, -0.1) is 0 Å². The summed E-state index contributed by atoms with van der Waals surface area (Å²) < 4.78 is 26.5. The van der Waals surface area contributed by atoms with E-state index < -0.39 is 15.0 Å². The van der Waals surface area contributed by atoms with E-state index in [-0.39, 0.29) is 18.8 Å². The number of carbonyl (C=O) groups excluding carboxylic acids is 1. The fraction of sp³-hybridized carbons (Fsp3) is 0.571. The Kier molecular flexibility index (Phi) is 4.82. The third-order valence-electron chi connectivity index (χ3n) is 1.36. The van der Waals surface area contributed by atoms with E-state index >= 15 is 0 Å². The van der Waals surface area contributed by atoms with Crippen molar-refractivity contribution >= 4 is 16.4 Å². The molecule has 2 N–H and O–H groups in total. The van der Waals surface area contributed by atoms with E-state index in [2.05, 4.69) is 10.8 Å². The molecule has 0 aromatic carbocycles. The van der Waals surface area contributed by atoms with Crippen LogP contribution < -0.4 is 5.73 Å². The zero-order chi connectivity index (χ0) is 10.5. The Morgan fingerprint density at radius 2 is 2.23 bits per heavy atom. The number of hydrogen-bond donors (Lipinski definition) is 1. The molecule has 0 saturated heterocycles. The maximum absolute atomic E-state index is 11.0. The molecule has 0 rings (SSSR count). The van der Waals surface area contributed by atoms with Crippen LogP contribution >= 0.6 is 0 Å². The molecule has 13 heavy (non-hydrogen) atoms. The normalized spacial score (nSPS) is 13.7. The molecule has 1 unspecified atom stereocenters. The van der Waals surface area contributed by atoms with E-state index in [1.165, 1.54) is 0 Å². The lowest BCUT2D eigenvalue weighted by atomic mass is 10.2. The second-order valence-electron chi connectivity index (χ2n) is 2.66. The van der Waals surface area contributed by atoms with Crippen molar-refractivity contribution in [1.29, 1.82) is 0 Å². The molecule has 0 radical (unpaired) electrons. The van der Waals surface area contributed by atoms with Gasteiger partial charge in [-0.1, -0.05) is 13.5 Å². The Balaban J connectivity index is 4.20. The average Bonchev–Trinajstić information content (AvgIpc) is 2.12. The molecule has 0 aliphatic heterocycles. The summed E-state index contributed by atoms with van der Waals surface area (Å²) in [6.45, 7) is 5.06. The highest BCUT2D eigenvalue weighted by atomic mass is 32.2. The van der Waals surface area contributed by atoms with E-state index in [1.54, 1.807) is 6.92 Å². The molecule has 76 valence electrons. The van der Waals surface area contributed by atoms with Gasteiger partial charge in [0, 0.05) is 0 Å². The minimum absolute atomic E-state index is 0.0360. The highest BCUT2D eigenvalue weighted by Crippen LogP contribution is 2.05. The van der Waals surface area contributed by atoms with Crippen molar-refractivity contribution < 1.29 is 17.4 Å². The largest absolute Gasteiger partial charge is 0.330 e. The molecule has 0 saturated carbocycles. The minimum Gasteiger partial charge on any atom is -0.330 e. The molecule has 0 heterocycles. The second kappa shape index (κ2) is 5.11. The quantitative estimate of drug-likeness (QED) is 0.365. The van der Waals surface area contributed by atoms with Gasteiger partial charge in [0.05, 0.1) is 6.61 Å². The van der Waals surface area contributed by atoms with Crippen LogP contribution in [0.15, 0.2) is 11.5 Å². The molecule has 0 aliphatic rings. The molecule has 6 heteroatoms. The van der Waals surface area contributed by atoms with Crippen LogP contribution in [0, 0.1) is 5.92 Å². The molecule has 0 aliphatic carbocycles. The van der Waals surface area contributed by atoms with Gasteiger partial charge in [-0.05, 0) is 12.5 Å². The predicted octanol–water partition coefficient (Wildman–Crippen LogP) is -0.360. The lowest BCUT2D eigenvalue weighted by molar-refractivity contribution is -0.104. The lowest BCUT2D eigenvalue weighted by Gasteiger charge is -2.08. The molecule has 0 aromatic heterocycles. The van der Waals surface area contributed by atoms with Crippen molar-refractivity contribution in [2.45, 2.75) is 6.92 Å². The van der Waals surface area contributed by atoms with E-state index in [1.807, 2.05) is 0 Å². The molecular weight excluding hydrogens is 194 g/mol. The van der Waals surface area contributed by atoms with E-state index in [4.69, 9.17) is 5.73 Å². The van der Waals surface area contributed by atoms with Crippen LogP contribution in [0.25, 0.3) is 0 Å². The van der Waals surface area contributed by atoms with Crippen molar-refractivity contribution in [3.8, 4) is 0 Å². The van der Waals surface area contributed by atoms with Gasteiger partial charge >= 0.3 is 0 Å². The van der Waals surface area contributed by atoms with E-state index in [0.717, 1.165) is 0 Å². The van der Waals surface area contributed by atoms with Crippen LogP contribution in [0.5, 0.6) is 0 Å². The van der Waals surface area contributed by atoms with Gasteiger partial charge in [-0.25, -0.2) is 0 Å². The zero-order valence-electron chi connectivity index (χ0n) is 7.39. The summed E-state index contributed by atoms with van der Waals surface area (Å²) in [4.78, 5) is 9.51. The van der Waals surface area contributed by atoms with Gasteiger partial charge < -0.3 is 5.73 Å². The summed E-state index contributed by atoms with van der Waals surface area (Å²) in [6.07, 6.45) is 0.141. The molecular formula is C7H13NO4S. The predicted molar refractivity (Wildman–Crippen MR) is 48.3 cm³/mol. The first kappa shape index (κ1) is 12.3. The van der Waals surface area contributed by atoms with Crippen molar-refractivity contribution in [2.75, 3.05) is 13.2 Å². The molecule has 0 aromatic rings. The maximum atomic E-state index is 11.0. The SMILES string of the molecule is C=C(C=O)S(=O)(=O)OCC(C)CN. The lowest BCUT2D eigenvalue weighted by Crippen LogP contribution is -2.20. The fourth-order valence-corrected chi connectivity index (χ4v) is 1.09. The molecule has 0 bridgehead atoms. The van der Waals surface area contributed by atoms with E-state index in [0.29, 0.717) is 6.54 Å². The van der Waals surface area contributed by atoms with Crippen molar-refractivity contribution in [2.24, 2.45) is 11.7 Å². The van der Waals surface area contributed by atoms with Gasteiger partial charge in [-0.3, -0.25) is 8.98 Å². The first-order valence-corrected chi connectivity index (χ1v) is 5.08. The smallest absolute Gasteiger partial charge is 0.299 e. The summed E-state index contributed by atoms with van der Waals surface area (Å²) in [5.41, 5.74) is 5.24. The molecule has 0 spiro atoms. The Labute approximate surface area is 77.7 Å². The third-order valence-corrected chi connectivity index (χ3v) is 2.55. The average molecular weight is 207 g/mol. The molecule has 0 fully saturated rings. The number of hydrogen-bond acceptors (Lipinski definition) is 5. The van der Waals surface area contributed by atoms with Gasteiger partial charge in [-0.2, -0.15) is 8.42 Å². The monoisotopic (exact) mass is 207 g/mol. The Bertz CT molecular complexity index is 283. The Morgan fingerprint density at radius 1 is 1.69 bits per heavy atom. The number of carbonyl (C=O) groups is 1. The van der Waals surface area contributed by atoms with Gasteiger partial charge in [0.25, 0.3) is 10.1 Å². The highest BCUT2D eigenvalue weighted by Gasteiger charge is 2.16. The number of rotatable bonds is 6. The van der Waals surface area contributed by atoms with Crippen LogP contribution in [0.4, 0.5) is 0 Å². The Morgan fingerprint density at radius 3 is 2.62 bits per heavy atom. The number of allylic oxidation sites excluding steroid dienone is 1.